The van der Waals surface area contributed by atoms with Crippen molar-refractivity contribution in [2.75, 3.05) is 5.32 Å². The van der Waals surface area contributed by atoms with Gasteiger partial charge in [-0.2, -0.15) is 5.26 Å². The Bertz CT molecular complexity index is 1340. The number of nitrogens with zero attached hydrogens (tertiary/aromatic N) is 4. The lowest BCUT2D eigenvalue weighted by Gasteiger charge is -2.30. The van der Waals surface area contributed by atoms with Gasteiger partial charge in [0.25, 0.3) is 0 Å². The summed E-state index contributed by atoms with van der Waals surface area (Å²) >= 11 is 0. The third-order valence-electron chi connectivity index (χ3n) is 5.69. The molecule has 1 saturated carbocycles. The van der Waals surface area contributed by atoms with Gasteiger partial charge in [0, 0.05) is 35.6 Å². The van der Waals surface area contributed by atoms with Gasteiger partial charge < -0.3 is 14.4 Å². The largest absolute Gasteiger partial charge is 0.465 e. The summed E-state index contributed by atoms with van der Waals surface area (Å²) in [6.45, 7) is 0. The number of carbonyl (C=O) groups is 1. The summed E-state index contributed by atoms with van der Waals surface area (Å²) in [5, 5.41) is 22.2. The molecule has 2 heterocycles. The molecule has 2 aromatic carbocycles. The molecule has 5 rings (SSSR count). The fourth-order valence-corrected chi connectivity index (χ4v) is 4.05. The second kappa shape index (κ2) is 8.04. The van der Waals surface area contributed by atoms with Crippen LogP contribution in [-0.2, 0) is 0 Å². The van der Waals surface area contributed by atoms with E-state index in [2.05, 4.69) is 25.9 Å². The summed E-state index contributed by atoms with van der Waals surface area (Å²) in [6, 6.07) is 17.4. The number of anilines is 1. The number of aromatic nitrogens is 3. The van der Waals surface area contributed by atoms with Crippen molar-refractivity contribution in [1.29, 1.82) is 5.26 Å². The van der Waals surface area contributed by atoms with Crippen LogP contribution in [0.4, 0.5) is 10.5 Å². The van der Waals surface area contributed by atoms with E-state index in [9.17, 15) is 10.1 Å². The minimum Gasteiger partial charge on any atom is -0.465 e. The van der Waals surface area contributed by atoms with E-state index in [4.69, 9.17) is 9.84 Å². The Balaban J connectivity index is 1.64. The molecule has 1 aliphatic carbocycles. The predicted octanol–water partition coefficient (Wildman–Crippen LogP) is 5.58. The number of amides is 1. The Morgan fingerprint density at radius 3 is 2.53 bits per heavy atom. The van der Waals surface area contributed by atoms with Gasteiger partial charge in [-0.1, -0.05) is 12.1 Å². The lowest BCUT2D eigenvalue weighted by molar-refractivity contribution is 0.209. The molecule has 158 valence electrons. The first-order valence-corrected chi connectivity index (χ1v) is 10.3. The Hall–Kier alpha value is -4.38. The highest BCUT2D eigenvalue weighted by molar-refractivity contribution is 5.96. The summed E-state index contributed by atoms with van der Waals surface area (Å²) in [5.74, 6) is 0.596. The Morgan fingerprint density at radius 2 is 1.91 bits per heavy atom. The van der Waals surface area contributed by atoms with Crippen molar-refractivity contribution in [3.63, 3.8) is 0 Å². The van der Waals surface area contributed by atoms with E-state index in [0.717, 1.165) is 41.4 Å². The summed E-state index contributed by atoms with van der Waals surface area (Å²) in [4.78, 5) is 19.1. The lowest BCUT2D eigenvalue weighted by Crippen LogP contribution is -2.17. The number of hydrogen-bond donors (Lipinski definition) is 2. The molecule has 1 aliphatic rings. The van der Waals surface area contributed by atoms with Crippen LogP contribution in [0.15, 0.2) is 60.9 Å². The van der Waals surface area contributed by atoms with Crippen molar-refractivity contribution in [2.45, 2.75) is 25.3 Å². The van der Waals surface area contributed by atoms with E-state index in [1.165, 1.54) is 0 Å². The van der Waals surface area contributed by atoms with Crippen LogP contribution < -0.4 is 10.1 Å². The third-order valence-corrected chi connectivity index (χ3v) is 5.69. The number of benzene rings is 2. The zero-order valence-corrected chi connectivity index (χ0v) is 17.0. The molecule has 8 nitrogen and oxygen atoms in total. The Labute approximate surface area is 183 Å². The first kappa shape index (κ1) is 19.6. The highest BCUT2D eigenvalue weighted by atomic mass is 16.5. The molecule has 2 aromatic heterocycles. The maximum atomic E-state index is 10.9. The number of ether oxygens (including phenoxy) is 1. The minimum atomic E-state index is -1.12. The van der Waals surface area contributed by atoms with Gasteiger partial charge in [0.05, 0.1) is 16.8 Å². The molecule has 0 bridgehead atoms. The maximum absolute atomic E-state index is 10.9. The van der Waals surface area contributed by atoms with E-state index in [-0.39, 0.29) is 12.1 Å². The van der Waals surface area contributed by atoms with Crippen LogP contribution in [0.5, 0.6) is 11.8 Å². The van der Waals surface area contributed by atoms with Gasteiger partial charge in [-0.15, -0.1) is 0 Å². The molecule has 0 spiro atoms. The van der Waals surface area contributed by atoms with Crippen LogP contribution >= 0.6 is 0 Å². The van der Waals surface area contributed by atoms with Crippen LogP contribution in [0, 0.1) is 11.3 Å². The zero-order valence-electron chi connectivity index (χ0n) is 17.0. The number of fused-ring (bicyclic) bond motifs is 1. The van der Waals surface area contributed by atoms with Gasteiger partial charge >= 0.3 is 12.1 Å². The lowest BCUT2D eigenvalue weighted by atomic mass is 9.92. The van der Waals surface area contributed by atoms with E-state index in [1.54, 1.807) is 30.6 Å². The highest BCUT2D eigenvalue weighted by Crippen LogP contribution is 2.43. The van der Waals surface area contributed by atoms with Crippen molar-refractivity contribution in [1.82, 2.24) is 14.5 Å². The van der Waals surface area contributed by atoms with Crippen molar-refractivity contribution >= 4 is 22.7 Å². The second-order valence-electron chi connectivity index (χ2n) is 7.61. The molecule has 8 heteroatoms. The summed E-state index contributed by atoms with van der Waals surface area (Å²) in [6.07, 6.45) is 5.33. The normalized spacial score (nSPS) is 13.3. The van der Waals surface area contributed by atoms with Crippen molar-refractivity contribution in [3.8, 4) is 29.1 Å². The van der Waals surface area contributed by atoms with E-state index in [1.807, 2.05) is 30.3 Å². The number of nitrogens with one attached hydrogen (secondary N) is 1. The van der Waals surface area contributed by atoms with Gasteiger partial charge in [0.1, 0.15) is 11.8 Å². The average molecular weight is 425 g/mol. The van der Waals surface area contributed by atoms with Gasteiger partial charge in [-0.3, -0.25) is 5.32 Å². The van der Waals surface area contributed by atoms with Gasteiger partial charge in [-0.05, 0) is 55.2 Å². The SMILES string of the molecule is N#Cc1c(-c2ccc(NC(=O)O)cc2)n(C2CCC2)c2cc(Oc3ncccn3)ccc12. The molecule has 1 fully saturated rings. The molecule has 2 N–H and O–H groups in total. The number of hydrogen-bond acceptors (Lipinski definition) is 5. The van der Waals surface area contributed by atoms with Crippen LogP contribution in [0.25, 0.3) is 22.2 Å². The Morgan fingerprint density at radius 1 is 1.16 bits per heavy atom. The fraction of sp³-hybridized carbons (Fsp3) is 0.167. The molecule has 1 amide bonds. The van der Waals surface area contributed by atoms with Crippen molar-refractivity contribution < 1.29 is 14.6 Å². The van der Waals surface area contributed by atoms with Gasteiger partial charge in [0.2, 0.25) is 0 Å². The molecular weight excluding hydrogens is 406 g/mol. The number of rotatable bonds is 5. The van der Waals surface area contributed by atoms with E-state index in [0.29, 0.717) is 17.0 Å². The third kappa shape index (κ3) is 3.50. The zero-order chi connectivity index (χ0) is 22.1. The van der Waals surface area contributed by atoms with E-state index < -0.39 is 6.09 Å². The molecule has 0 atom stereocenters. The second-order valence-corrected chi connectivity index (χ2v) is 7.61. The highest BCUT2D eigenvalue weighted by Gasteiger charge is 2.28. The van der Waals surface area contributed by atoms with Crippen LogP contribution in [0.1, 0.15) is 30.9 Å². The number of carboxylic acid groups (broad SMARTS) is 1. The predicted molar refractivity (Wildman–Crippen MR) is 119 cm³/mol. The minimum absolute atomic E-state index is 0.260. The standard InChI is InChI=1S/C24H19N5O3/c25-14-20-19-10-9-18(32-23-26-11-2-12-27-23)13-21(19)29(17-3-1-4-17)22(20)15-5-7-16(8-6-15)28-24(30)31/h2,5-13,17,28H,1,3-4H2,(H,30,31). The summed E-state index contributed by atoms with van der Waals surface area (Å²) < 4.78 is 8.05. The summed E-state index contributed by atoms with van der Waals surface area (Å²) in [7, 11) is 0. The Kier molecular flexibility index (Phi) is 4.92. The molecule has 0 unspecified atom stereocenters. The average Bonchev–Trinajstić information content (AvgIpc) is 3.07. The molecule has 4 aromatic rings. The summed E-state index contributed by atoms with van der Waals surface area (Å²) in [5.41, 5.74) is 3.68. The molecule has 0 radical (unpaired) electrons. The molecule has 0 saturated heterocycles. The maximum Gasteiger partial charge on any atom is 0.409 e. The van der Waals surface area contributed by atoms with Crippen LogP contribution in [0.2, 0.25) is 0 Å². The monoisotopic (exact) mass is 425 g/mol. The van der Waals surface area contributed by atoms with Gasteiger partial charge in [-0.25, -0.2) is 14.8 Å². The molecule has 0 aliphatic heterocycles. The quantitative estimate of drug-likeness (QED) is 0.432. The van der Waals surface area contributed by atoms with Crippen molar-refractivity contribution in [3.05, 3.63) is 66.5 Å². The number of nitriles is 1. The van der Waals surface area contributed by atoms with E-state index >= 15 is 0 Å². The first-order valence-electron chi connectivity index (χ1n) is 10.3. The van der Waals surface area contributed by atoms with Crippen LogP contribution in [0.3, 0.4) is 0 Å². The van der Waals surface area contributed by atoms with Gasteiger partial charge in [0.15, 0.2) is 0 Å². The topological polar surface area (TPSA) is 113 Å². The van der Waals surface area contributed by atoms with Crippen LogP contribution in [-0.4, -0.2) is 25.7 Å². The molecule has 32 heavy (non-hydrogen) atoms. The van der Waals surface area contributed by atoms with Crippen molar-refractivity contribution in [2.24, 2.45) is 0 Å². The fourth-order valence-electron chi connectivity index (χ4n) is 4.05. The molecular formula is C24H19N5O3. The first-order chi connectivity index (χ1) is 15.6. The smallest absolute Gasteiger partial charge is 0.409 e.